The van der Waals surface area contributed by atoms with Crippen molar-refractivity contribution in [1.82, 2.24) is 4.98 Å². The van der Waals surface area contributed by atoms with E-state index in [1.165, 1.54) is 24.5 Å². The monoisotopic (exact) mass is 282 g/mol. The van der Waals surface area contributed by atoms with E-state index in [2.05, 4.69) is 4.98 Å². The number of pyridine rings is 1. The Morgan fingerprint density at radius 2 is 2.33 bits per heavy atom. The maximum absolute atomic E-state index is 10.8. The highest BCUT2D eigenvalue weighted by Crippen LogP contribution is 2.36. The molecule has 18 heavy (non-hydrogen) atoms. The van der Waals surface area contributed by atoms with Gasteiger partial charge in [-0.15, -0.1) is 11.3 Å². The number of nitrogens with zero attached hydrogens (tertiary/aromatic N) is 2. The van der Waals surface area contributed by atoms with Crippen molar-refractivity contribution in [2.24, 2.45) is 0 Å². The standard InChI is InChI=1S/C10H6N2O4S2/c13-10(14)9-3-6(5-17-9)18-8-1-2-11-4-7(8)12(15)16/h1-5H,(H,13,14). The van der Waals surface area contributed by atoms with Gasteiger partial charge in [-0.25, -0.2) is 4.79 Å². The van der Waals surface area contributed by atoms with E-state index in [0.717, 1.165) is 23.1 Å². The molecule has 0 saturated heterocycles. The summed E-state index contributed by atoms with van der Waals surface area (Å²) in [5.74, 6) is -1.00. The number of hydrogen-bond acceptors (Lipinski definition) is 6. The molecule has 8 heteroatoms. The Bertz CT molecular complexity index is 611. The fourth-order valence-electron chi connectivity index (χ4n) is 1.21. The number of aromatic nitrogens is 1. The van der Waals surface area contributed by atoms with Gasteiger partial charge in [-0.3, -0.25) is 15.1 Å². The molecule has 0 bridgehead atoms. The number of aromatic carboxylic acids is 1. The molecule has 0 atom stereocenters. The molecule has 0 spiro atoms. The Morgan fingerprint density at radius 3 is 2.94 bits per heavy atom. The van der Waals surface area contributed by atoms with Gasteiger partial charge in [0, 0.05) is 16.5 Å². The lowest BCUT2D eigenvalue weighted by atomic mass is 10.4. The van der Waals surface area contributed by atoms with Crippen LogP contribution in [0.25, 0.3) is 0 Å². The SMILES string of the molecule is O=C(O)c1cc(Sc2ccncc2[N+](=O)[O-])cs1. The quantitative estimate of drug-likeness (QED) is 0.684. The van der Waals surface area contributed by atoms with Gasteiger partial charge in [0.1, 0.15) is 11.1 Å². The summed E-state index contributed by atoms with van der Waals surface area (Å²) < 4.78 is 0. The molecule has 0 unspecified atom stereocenters. The number of carboxylic acid groups (broad SMARTS) is 1. The normalized spacial score (nSPS) is 10.2. The van der Waals surface area contributed by atoms with Crippen LogP contribution >= 0.6 is 23.1 Å². The lowest BCUT2D eigenvalue weighted by Crippen LogP contribution is -1.91. The first-order valence-electron chi connectivity index (χ1n) is 4.66. The van der Waals surface area contributed by atoms with Crippen LogP contribution in [0, 0.1) is 10.1 Å². The number of thiophene rings is 1. The van der Waals surface area contributed by atoms with E-state index in [4.69, 9.17) is 5.11 Å². The summed E-state index contributed by atoms with van der Waals surface area (Å²) in [7, 11) is 0. The minimum Gasteiger partial charge on any atom is -0.477 e. The van der Waals surface area contributed by atoms with E-state index in [9.17, 15) is 14.9 Å². The van der Waals surface area contributed by atoms with Gasteiger partial charge in [-0.1, -0.05) is 11.8 Å². The predicted octanol–water partition coefficient (Wildman–Crippen LogP) is 2.90. The molecule has 2 aromatic rings. The minimum absolute atomic E-state index is 0.0921. The molecule has 0 aliphatic heterocycles. The molecule has 0 aliphatic carbocycles. The molecule has 1 N–H and O–H groups in total. The van der Waals surface area contributed by atoms with Gasteiger partial charge >= 0.3 is 11.7 Å². The molecular weight excluding hydrogens is 276 g/mol. The van der Waals surface area contributed by atoms with Crippen LogP contribution < -0.4 is 0 Å². The third-order valence-electron chi connectivity index (χ3n) is 1.97. The van der Waals surface area contributed by atoms with Crippen molar-refractivity contribution in [3.63, 3.8) is 0 Å². The summed E-state index contributed by atoms with van der Waals surface area (Å²) in [6.07, 6.45) is 2.63. The van der Waals surface area contributed by atoms with Crippen LogP contribution in [0.4, 0.5) is 5.69 Å². The Balaban J connectivity index is 2.28. The van der Waals surface area contributed by atoms with Crippen molar-refractivity contribution in [2.45, 2.75) is 9.79 Å². The summed E-state index contributed by atoms with van der Waals surface area (Å²) in [5, 5.41) is 21.2. The summed E-state index contributed by atoms with van der Waals surface area (Å²) in [6, 6.07) is 3.02. The Hall–Kier alpha value is -1.93. The maximum Gasteiger partial charge on any atom is 0.345 e. The van der Waals surface area contributed by atoms with Crippen molar-refractivity contribution in [2.75, 3.05) is 0 Å². The number of rotatable bonds is 4. The topological polar surface area (TPSA) is 93.3 Å². The fourth-order valence-corrected chi connectivity index (χ4v) is 3.02. The van der Waals surface area contributed by atoms with E-state index in [-0.39, 0.29) is 10.6 Å². The van der Waals surface area contributed by atoms with E-state index < -0.39 is 10.9 Å². The van der Waals surface area contributed by atoms with Gasteiger partial charge in [0.25, 0.3) is 0 Å². The molecule has 0 fully saturated rings. The average molecular weight is 282 g/mol. The van der Waals surface area contributed by atoms with Gasteiger partial charge in [-0.2, -0.15) is 0 Å². The molecule has 0 radical (unpaired) electrons. The van der Waals surface area contributed by atoms with E-state index >= 15 is 0 Å². The van der Waals surface area contributed by atoms with Gasteiger partial charge in [0.15, 0.2) is 0 Å². The zero-order chi connectivity index (χ0) is 13.1. The maximum atomic E-state index is 10.8. The summed E-state index contributed by atoms with van der Waals surface area (Å²) >= 11 is 2.23. The average Bonchev–Trinajstić information content (AvgIpc) is 2.78. The number of hydrogen-bond donors (Lipinski definition) is 1. The first kappa shape index (κ1) is 12.5. The van der Waals surface area contributed by atoms with Gasteiger partial charge < -0.3 is 5.11 Å². The molecule has 0 saturated carbocycles. The second-order valence-electron chi connectivity index (χ2n) is 3.15. The van der Waals surface area contributed by atoms with Gasteiger partial charge in [0.2, 0.25) is 0 Å². The third kappa shape index (κ3) is 2.66. The highest BCUT2D eigenvalue weighted by Gasteiger charge is 2.16. The molecule has 0 amide bonds. The van der Waals surface area contributed by atoms with Crippen LogP contribution in [-0.4, -0.2) is 21.0 Å². The largest absolute Gasteiger partial charge is 0.477 e. The Morgan fingerprint density at radius 1 is 1.56 bits per heavy atom. The van der Waals surface area contributed by atoms with Gasteiger partial charge in [-0.05, 0) is 12.1 Å². The second-order valence-corrected chi connectivity index (χ2v) is 5.18. The predicted molar refractivity (Wildman–Crippen MR) is 66.3 cm³/mol. The van der Waals surface area contributed by atoms with Crippen molar-refractivity contribution in [3.05, 3.63) is 44.9 Å². The van der Waals surface area contributed by atoms with Crippen molar-refractivity contribution < 1.29 is 14.8 Å². The lowest BCUT2D eigenvalue weighted by Gasteiger charge is -1.99. The van der Waals surface area contributed by atoms with Crippen molar-refractivity contribution in [1.29, 1.82) is 0 Å². The highest BCUT2D eigenvalue weighted by molar-refractivity contribution is 7.99. The lowest BCUT2D eigenvalue weighted by molar-refractivity contribution is -0.388. The van der Waals surface area contributed by atoms with E-state index in [1.54, 1.807) is 5.38 Å². The molecule has 0 aliphatic rings. The van der Waals surface area contributed by atoms with Crippen molar-refractivity contribution in [3.8, 4) is 0 Å². The molecule has 92 valence electrons. The van der Waals surface area contributed by atoms with Gasteiger partial charge in [0.05, 0.1) is 9.82 Å². The Kier molecular flexibility index (Phi) is 3.58. The van der Waals surface area contributed by atoms with Crippen LogP contribution in [0.15, 0.2) is 39.7 Å². The van der Waals surface area contributed by atoms with Crippen molar-refractivity contribution >= 4 is 34.8 Å². The first-order chi connectivity index (χ1) is 8.58. The van der Waals surface area contributed by atoms with Crippen LogP contribution in [0.2, 0.25) is 0 Å². The van der Waals surface area contributed by atoms with Crippen LogP contribution in [0.1, 0.15) is 9.67 Å². The molecule has 2 rings (SSSR count). The number of carbonyl (C=O) groups is 1. The number of carboxylic acids is 1. The summed E-state index contributed by atoms with van der Waals surface area (Å²) in [4.78, 5) is 26.0. The second kappa shape index (κ2) is 5.15. The molecule has 0 aromatic carbocycles. The highest BCUT2D eigenvalue weighted by atomic mass is 32.2. The van der Waals surface area contributed by atoms with Crippen LogP contribution in [0.3, 0.4) is 0 Å². The molecule has 6 nitrogen and oxygen atoms in total. The van der Waals surface area contributed by atoms with E-state index in [1.807, 2.05) is 0 Å². The summed E-state index contributed by atoms with van der Waals surface area (Å²) in [6.45, 7) is 0. The zero-order valence-electron chi connectivity index (χ0n) is 8.77. The van der Waals surface area contributed by atoms with Crippen LogP contribution in [-0.2, 0) is 0 Å². The smallest absolute Gasteiger partial charge is 0.345 e. The fraction of sp³-hybridized carbons (Fsp3) is 0. The zero-order valence-corrected chi connectivity index (χ0v) is 10.4. The van der Waals surface area contributed by atoms with Crippen LogP contribution in [0.5, 0.6) is 0 Å². The summed E-state index contributed by atoms with van der Waals surface area (Å²) in [5.41, 5.74) is -0.0921. The molecule has 2 aromatic heterocycles. The molecular formula is C10H6N2O4S2. The minimum atomic E-state index is -1.00. The third-order valence-corrected chi connectivity index (χ3v) is 4.08. The Labute approximate surface area is 109 Å². The van der Waals surface area contributed by atoms with E-state index in [0.29, 0.717) is 9.79 Å². The number of nitro groups is 1. The first-order valence-corrected chi connectivity index (χ1v) is 6.35. The molecule has 2 heterocycles.